The van der Waals surface area contributed by atoms with E-state index in [0.717, 1.165) is 26.7 Å². The highest BCUT2D eigenvalue weighted by molar-refractivity contribution is 7.19. The Bertz CT molecular complexity index is 997. The van der Waals surface area contributed by atoms with Gasteiger partial charge in [0, 0.05) is 29.8 Å². The van der Waals surface area contributed by atoms with Crippen LogP contribution in [0.3, 0.4) is 0 Å². The van der Waals surface area contributed by atoms with Crippen LogP contribution in [0.2, 0.25) is 0 Å². The van der Waals surface area contributed by atoms with E-state index in [-0.39, 0.29) is 11.3 Å². The lowest BCUT2D eigenvalue weighted by atomic mass is 10.0. The molecule has 0 saturated carbocycles. The molecule has 1 aromatic carbocycles. The number of fused-ring (bicyclic) bond motifs is 1. The summed E-state index contributed by atoms with van der Waals surface area (Å²) in [5, 5.41) is 0.673. The average Bonchev–Trinajstić information content (AvgIpc) is 2.90. The molecule has 3 aromatic rings. The van der Waals surface area contributed by atoms with Gasteiger partial charge in [0.1, 0.15) is 16.4 Å². The summed E-state index contributed by atoms with van der Waals surface area (Å²) in [5.41, 5.74) is 3.15. The number of hydrogen-bond donors (Lipinski definition) is 0. The van der Waals surface area contributed by atoms with Crippen LogP contribution in [0.4, 0.5) is 0 Å². The van der Waals surface area contributed by atoms with Gasteiger partial charge < -0.3 is 0 Å². The van der Waals surface area contributed by atoms with Gasteiger partial charge in [-0.25, -0.2) is 4.98 Å². The predicted octanol–water partition coefficient (Wildman–Crippen LogP) is 4.28. The second kappa shape index (κ2) is 6.92. The van der Waals surface area contributed by atoms with E-state index in [9.17, 15) is 9.59 Å². The summed E-state index contributed by atoms with van der Waals surface area (Å²) in [4.78, 5) is 31.2. The van der Waals surface area contributed by atoms with Crippen LogP contribution in [0, 0.1) is 13.8 Å². The Morgan fingerprint density at radius 1 is 1.20 bits per heavy atom. The van der Waals surface area contributed by atoms with Crippen molar-refractivity contribution in [3.05, 3.63) is 50.9 Å². The third-order valence-corrected chi connectivity index (χ3v) is 5.41. The van der Waals surface area contributed by atoms with Crippen LogP contribution in [0.25, 0.3) is 21.3 Å². The lowest BCUT2D eigenvalue weighted by Gasteiger charge is -2.11. The van der Waals surface area contributed by atoms with Crippen molar-refractivity contribution < 1.29 is 4.79 Å². The zero-order chi connectivity index (χ0) is 18.1. The van der Waals surface area contributed by atoms with Crippen molar-refractivity contribution in [1.29, 1.82) is 0 Å². The standard InChI is InChI=1S/C20H22N2O2S/c1-5-16-21-19-18(20(24)22(16)11-10-13(3)23)17(14(4)25-19)15-8-6-12(2)7-9-15/h6-9H,5,10-11H2,1-4H3. The molecule has 0 atom stereocenters. The SMILES string of the molecule is CCc1nc2sc(C)c(-c3ccc(C)cc3)c2c(=O)n1CCC(C)=O. The summed E-state index contributed by atoms with van der Waals surface area (Å²) in [6, 6.07) is 8.22. The number of aryl methyl sites for hydroxylation is 3. The third-order valence-electron chi connectivity index (χ3n) is 4.41. The lowest BCUT2D eigenvalue weighted by molar-refractivity contribution is -0.117. The predicted molar refractivity (Wildman–Crippen MR) is 103 cm³/mol. The fourth-order valence-electron chi connectivity index (χ4n) is 3.07. The van der Waals surface area contributed by atoms with Crippen molar-refractivity contribution in [3.63, 3.8) is 0 Å². The minimum absolute atomic E-state index is 0.0389. The number of hydrogen-bond acceptors (Lipinski definition) is 4. The first-order valence-corrected chi connectivity index (χ1v) is 9.33. The van der Waals surface area contributed by atoms with Crippen LogP contribution in [0.15, 0.2) is 29.1 Å². The molecule has 0 bridgehead atoms. The largest absolute Gasteiger partial charge is 0.300 e. The van der Waals surface area contributed by atoms with Gasteiger partial charge in [0.15, 0.2) is 0 Å². The van der Waals surface area contributed by atoms with Gasteiger partial charge in [0.05, 0.1) is 5.39 Å². The van der Waals surface area contributed by atoms with Gasteiger partial charge in [0.2, 0.25) is 0 Å². The molecule has 25 heavy (non-hydrogen) atoms. The molecule has 0 aliphatic carbocycles. The van der Waals surface area contributed by atoms with Crippen molar-refractivity contribution in [2.24, 2.45) is 0 Å². The van der Waals surface area contributed by atoms with Gasteiger partial charge in [-0.15, -0.1) is 11.3 Å². The zero-order valence-electron chi connectivity index (χ0n) is 15.0. The molecule has 0 radical (unpaired) electrons. The Kier molecular flexibility index (Phi) is 4.86. The van der Waals surface area contributed by atoms with E-state index < -0.39 is 0 Å². The molecular formula is C20H22N2O2S. The number of rotatable bonds is 5. The van der Waals surface area contributed by atoms with E-state index in [1.807, 2.05) is 20.8 Å². The minimum Gasteiger partial charge on any atom is -0.300 e. The monoisotopic (exact) mass is 354 g/mol. The summed E-state index contributed by atoms with van der Waals surface area (Å²) in [7, 11) is 0. The Hall–Kier alpha value is -2.27. The molecule has 0 aliphatic rings. The van der Waals surface area contributed by atoms with E-state index >= 15 is 0 Å². The van der Waals surface area contributed by atoms with Crippen LogP contribution in [0.1, 0.15) is 36.5 Å². The molecule has 4 nitrogen and oxygen atoms in total. The molecule has 0 fully saturated rings. The van der Waals surface area contributed by atoms with Gasteiger partial charge >= 0.3 is 0 Å². The molecule has 0 unspecified atom stereocenters. The maximum absolute atomic E-state index is 13.2. The number of benzene rings is 1. The number of ketones is 1. The van der Waals surface area contributed by atoms with Crippen molar-refractivity contribution >= 4 is 27.3 Å². The number of carbonyl (C=O) groups excluding carboxylic acids is 1. The summed E-state index contributed by atoms with van der Waals surface area (Å²) in [6.07, 6.45) is 1.02. The zero-order valence-corrected chi connectivity index (χ0v) is 15.9. The van der Waals surface area contributed by atoms with Gasteiger partial charge in [-0.1, -0.05) is 36.8 Å². The molecule has 5 heteroatoms. The molecule has 0 amide bonds. The molecular weight excluding hydrogens is 332 g/mol. The van der Waals surface area contributed by atoms with Gasteiger partial charge in [-0.3, -0.25) is 14.2 Å². The number of aromatic nitrogens is 2. The van der Waals surface area contributed by atoms with Gasteiger partial charge in [-0.2, -0.15) is 0 Å². The molecule has 2 aromatic heterocycles. The Balaban J connectivity index is 2.27. The second-order valence-corrected chi connectivity index (χ2v) is 7.57. The number of carbonyl (C=O) groups is 1. The highest BCUT2D eigenvalue weighted by Crippen LogP contribution is 2.35. The highest BCUT2D eigenvalue weighted by Gasteiger charge is 2.19. The first-order chi connectivity index (χ1) is 11.9. The molecule has 0 N–H and O–H groups in total. The summed E-state index contributed by atoms with van der Waals surface area (Å²) < 4.78 is 1.67. The van der Waals surface area contributed by atoms with Crippen LogP contribution < -0.4 is 5.56 Å². The van der Waals surface area contributed by atoms with Crippen LogP contribution >= 0.6 is 11.3 Å². The average molecular weight is 354 g/mol. The van der Waals surface area contributed by atoms with Crippen LogP contribution in [-0.4, -0.2) is 15.3 Å². The van der Waals surface area contributed by atoms with E-state index in [0.29, 0.717) is 24.8 Å². The molecule has 3 rings (SSSR count). The topological polar surface area (TPSA) is 52.0 Å². The Labute approximate surface area is 151 Å². The second-order valence-electron chi connectivity index (χ2n) is 6.37. The van der Waals surface area contributed by atoms with E-state index in [4.69, 9.17) is 4.98 Å². The Morgan fingerprint density at radius 2 is 1.88 bits per heavy atom. The van der Waals surface area contributed by atoms with Gasteiger partial charge in [0.25, 0.3) is 5.56 Å². The normalized spacial score (nSPS) is 11.2. The first-order valence-electron chi connectivity index (χ1n) is 8.51. The fourth-order valence-corrected chi connectivity index (χ4v) is 4.13. The smallest absolute Gasteiger partial charge is 0.262 e. The highest BCUT2D eigenvalue weighted by atomic mass is 32.1. The summed E-state index contributed by atoms with van der Waals surface area (Å²) >= 11 is 1.56. The van der Waals surface area contributed by atoms with Crippen molar-refractivity contribution in [1.82, 2.24) is 9.55 Å². The Morgan fingerprint density at radius 3 is 2.48 bits per heavy atom. The maximum Gasteiger partial charge on any atom is 0.262 e. The van der Waals surface area contributed by atoms with Crippen LogP contribution in [-0.2, 0) is 17.8 Å². The lowest BCUT2D eigenvalue weighted by Crippen LogP contribution is -2.25. The first kappa shape index (κ1) is 17.5. The molecule has 0 spiro atoms. The molecule has 0 saturated heterocycles. The summed E-state index contributed by atoms with van der Waals surface area (Å²) in [5.74, 6) is 0.824. The summed E-state index contributed by atoms with van der Waals surface area (Å²) in [6.45, 7) is 8.01. The molecule has 0 aliphatic heterocycles. The van der Waals surface area contributed by atoms with E-state index in [1.54, 1.807) is 22.8 Å². The van der Waals surface area contributed by atoms with E-state index in [1.165, 1.54) is 5.56 Å². The number of nitrogens with zero attached hydrogens (tertiary/aromatic N) is 2. The maximum atomic E-state index is 13.2. The fraction of sp³-hybridized carbons (Fsp3) is 0.350. The quantitative estimate of drug-likeness (QED) is 0.687. The van der Waals surface area contributed by atoms with Crippen molar-refractivity contribution in [3.8, 4) is 11.1 Å². The number of thiophene rings is 1. The van der Waals surface area contributed by atoms with Crippen molar-refractivity contribution in [2.45, 2.75) is 47.1 Å². The molecule has 130 valence electrons. The number of Topliss-reactive ketones (excluding diaryl/α,β-unsaturated/α-hetero) is 1. The minimum atomic E-state index is -0.0389. The third kappa shape index (κ3) is 3.29. The van der Waals surface area contributed by atoms with Crippen LogP contribution in [0.5, 0.6) is 0 Å². The van der Waals surface area contributed by atoms with Crippen molar-refractivity contribution in [2.75, 3.05) is 0 Å². The van der Waals surface area contributed by atoms with E-state index in [2.05, 4.69) is 24.3 Å². The molecule has 2 heterocycles. The van der Waals surface area contributed by atoms with Gasteiger partial charge in [-0.05, 0) is 26.3 Å².